The quantitative estimate of drug-likeness (QED) is 0.938. The number of aromatic nitrogens is 3. The van der Waals surface area contributed by atoms with Crippen LogP contribution < -0.4 is 5.32 Å². The van der Waals surface area contributed by atoms with Gasteiger partial charge in [-0.3, -0.25) is 0 Å². The first-order valence-corrected chi connectivity index (χ1v) is 6.12. The Balaban J connectivity index is 2.10. The molecule has 1 aromatic carbocycles. The Morgan fingerprint density at radius 1 is 1.30 bits per heavy atom. The fraction of sp³-hybridized carbons (Fsp3) is 0.385. The predicted octanol–water partition coefficient (Wildman–Crippen LogP) is 2.68. The van der Waals surface area contributed by atoms with Crippen LogP contribution in [0.25, 0.3) is 0 Å². The first-order valence-electron chi connectivity index (χ1n) is 6.12. The van der Waals surface area contributed by atoms with E-state index in [0.717, 1.165) is 6.07 Å². The van der Waals surface area contributed by atoms with Crippen LogP contribution in [-0.4, -0.2) is 14.8 Å². The molecule has 0 amide bonds. The molecule has 2 rings (SSSR count). The molecule has 0 radical (unpaired) electrons. The van der Waals surface area contributed by atoms with E-state index in [4.69, 9.17) is 0 Å². The largest absolute Gasteiger partial charge is 0.416 e. The summed E-state index contributed by atoms with van der Waals surface area (Å²) in [6.45, 7) is 1.95. The van der Waals surface area contributed by atoms with Crippen molar-refractivity contribution in [2.45, 2.75) is 25.7 Å². The molecule has 0 aliphatic heterocycles. The smallest absolute Gasteiger partial charge is 0.319 e. The number of nitrogens with one attached hydrogen (secondary N) is 1. The summed E-state index contributed by atoms with van der Waals surface area (Å²) in [6.07, 6.45) is -2.79. The number of nitrogens with zero attached hydrogens (tertiary/aromatic N) is 3. The van der Waals surface area contributed by atoms with Crippen LogP contribution in [0.1, 0.15) is 29.9 Å². The van der Waals surface area contributed by atoms with Crippen LogP contribution in [-0.2, 0) is 19.8 Å². The van der Waals surface area contributed by atoms with Crippen LogP contribution in [0.5, 0.6) is 0 Å². The fourth-order valence-corrected chi connectivity index (χ4v) is 1.99. The molecular weight excluding hydrogens is 269 g/mol. The Bertz CT molecular complexity index is 577. The lowest BCUT2D eigenvalue weighted by atomic mass is 10.1. The van der Waals surface area contributed by atoms with Crippen LogP contribution in [0, 0.1) is 0 Å². The van der Waals surface area contributed by atoms with E-state index in [9.17, 15) is 13.2 Å². The van der Waals surface area contributed by atoms with Gasteiger partial charge >= 0.3 is 6.18 Å². The highest BCUT2D eigenvalue weighted by Gasteiger charge is 2.32. The maximum Gasteiger partial charge on any atom is 0.416 e. The zero-order chi connectivity index (χ0) is 14.8. The van der Waals surface area contributed by atoms with Crippen LogP contribution in [0.4, 0.5) is 13.2 Å². The third-order valence-electron chi connectivity index (χ3n) is 3.06. The number of hydrogen-bond donors (Lipinski definition) is 1. The minimum absolute atomic E-state index is 0.115. The van der Waals surface area contributed by atoms with Crippen molar-refractivity contribution >= 4 is 0 Å². The first-order chi connectivity index (χ1) is 9.39. The van der Waals surface area contributed by atoms with Crippen molar-refractivity contribution < 1.29 is 13.2 Å². The normalized spacial score (nSPS) is 13.4. The number of aryl methyl sites for hydroxylation is 1. The van der Waals surface area contributed by atoms with Crippen molar-refractivity contribution in [2.75, 3.05) is 0 Å². The van der Waals surface area contributed by atoms with E-state index >= 15 is 0 Å². The van der Waals surface area contributed by atoms with Gasteiger partial charge in [-0.15, -0.1) is 10.2 Å². The summed E-state index contributed by atoms with van der Waals surface area (Å²) in [6, 6.07) is 5.35. The lowest BCUT2D eigenvalue weighted by Gasteiger charge is -2.16. The molecule has 0 bridgehead atoms. The standard InChI is InChI=1S/C13H15F3N4/c1-9(12-19-18-8-20(12)2)17-7-10-5-3-4-6-11(10)13(14,15)16/h3-6,8-9,17H,7H2,1-2H3. The molecule has 0 saturated carbocycles. The van der Waals surface area contributed by atoms with Gasteiger partial charge in [-0.25, -0.2) is 0 Å². The van der Waals surface area contributed by atoms with E-state index < -0.39 is 11.7 Å². The number of halogens is 3. The predicted molar refractivity (Wildman–Crippen MR) is 67.7 cm³/mol. The van der Waals surface area contributed by atoms with Crippen LogP contribution in [0.2, 0.25) is 0 Å². The van der Waals surface area contributed by atoms with E-state index in [1.807, 2.05) is 6.92 Å². The average Bonchev–Trinajstić information content (AvgIpc) is 2.81. The molecule has 7 heteroatoms. The van der Waals surface area contributed by atoms with Crippen molar-refractivity contribution in [1.29, 1.82) is 0 Å². The van der Waals surface area contributed by atoms with Crippen molar-refractivity contribution in [3.8, 4) is 0 Å². The molecule has 0 aliphatic rings. The molecule has 1 N–H and O–H groups in total. The van der Waals surface area contributed by atoms with Gasteiger partial charge in [0, 0.05) is 13.6 Å². The van der Waals surface area contributed by atoms with Crippen LogP contribution in [0.15, 0.2) is 30.6 Å². The Labute approximate surface area is 114 Å². The van der Waals surface area contributed by atoms with Crippen molar-refractivity contribution in [3.63, 3.8) is 0 Å². The number of hydrogen-bond acceptors (Lipinski definition) is 3. The van der Waals surface area contributed by atoms with Gasteiger partial charge in [0.1, 0.15) is 12.2 Å². The topological polar surface area (TPSA) is 42.7 Å². The second-order valence-electron chi connectivity index (χ2n) is 4.56. The van der Waals surface area contributed by atoms with Crippen molar-refractivity contribution in [1.82, 2.24) is 20.1 Å². The second-order valence-corrected chi connectivity index (χ2v) is 4.56. The third kappa shape index (κ3) is 3.16. The molecule has 1 unspecified atom stereocenters. The Morgan fingerprint density at radius 3 is 2.60 bits per heavy atom. The Morgan fingerprint density at radius 2 is 2.00 bits per heavy atom. The van der Waals surface area contributed by atoms with Gasteiger partial charge in [0.05, 0.1) is 11.6 Å². The second kappa shape index (κ2) is 5.62. The SMILES string of the molecule is CC(NCc1ccccc1C(F)(F)F)c1nncn1C. The van der Waals surface area contributed by atoms with E-state index in [1.54, 1.807) is 24.0 Å². The molecule has 2 aromatic rings. The molecule has 1 aromatic heterocycles. The first kappa shape index (κ1) is 14.5. The molecule has 0 spiro atoms. The summed E-state index contributed by atoms with van der Waals surface area (Å²) in [5, 5.41) is 10.7. The maximum absolute atomic E-state index is 12.9. The lowest BCUT2D eigenvalue weighted by molar-refractivity contribution is -0.138. The van der Waals surface area contributed by atoms with Gasteiger partial charge in [-0.1, -0.05) is 18.2 Å². The van der Waals surface area contributed by atoms with Gasteiger partial charge in [-0.2, -0.15) is 13.2 Å². The average molecular weight is 284 g/mol. The summed E-state index contributed by atoms with van der Waals surface area (Å²) in [5.41, 5.74) is -0.397. The van der Waals surface area contributed by atoms with Gasteiger partial charge < -0.3 is 9.88 Å². The van der Waals surface area contributed by atoms with Gasteiger partial charge in [0.2, 0.25) is 0 Å². The molecule has 0 fully saturated rings. The lowest BCUT2D eigenvalue weighted by Crippen LogP contribution is -2.23. The minimum Gasteiger partial charge on any atom is -0.319 e. The molecule has 4 nitrogen and oxygen atoms in total. The zero-order valence-electron chi connectivity index (χ0n) is 11.1. The summed E-state index contributed by atoms with van der Waals surface area (Å²) < 4.78 is 40.3. The maximum atomic E-state index is 12.9. The zero-order valence-corrected chi connectivity index (χ0v) is 11.1. The van der Waals surface area contributed by atoms with E-state index in [0.29, 0.717) is 5.82 Å². The molecule has 0 saturated heterocycles. The monoisotopic (exact) mass is 284 g/mol. The van der Waals surface area contributed by atoms with Crippen LogP contribution >= 0.6 is 0 Å². The van der Waals surface area contributed by atoms with Crippen LogP contribution in [0.3, 0.4) is 0 Å². The molecule has 108 valence electrons. The van der Waals surface area contributed by atoms with Gasteiger partial charge in [0.25, 0.3) is 0 Å². The molecule has 20 heavy (non-hydrogen) atoms. The summed E-state index contributed by atoms with van der Waals surface area (Å²) in [7, 11) is 1.79. The third-order valence-corrected chi connectivity index (χ3v) is 3.06. The summed E-state index contributed by atoms with van der Waals surface area (Å²) in [4.78, 5) is 0. The summed E-state index contributed by atoms with van der Waals surface area (Å²) >= 11 is 0. The fourth-order valence-electron chi connectivity index (χ4n) is 1.99. The highest BCUT2D eigenvalue weighted by atomic mass is 19.4. The minimum atomic E-state index is -4.34. The Hall–Kier alpha value is -1.89. The highest BCUT2D eigenvalue weighted by Crippen LogP contribution is 2.31. The molecule has 1 heterocycles. The Kier molecular flexibility index (Phi) is 4.08. The molecule has 1 atom stereocenters. The van der Waals surface area contributed by atoms with E-state index in [-0.39, 0.29) is 18.2 Å². The van der Waals surface area contributed by atoms with E-state index in [2.05, 4.69) is 15.5 Å². The van der Waals surface area contributed by atoms with Crippen molar-refractivity contribution in [2.24, 2.45) is 7.05 Å². The number of alkyl halides is 3. The summed E-state index contributed by atoms with van der Waals surface area (Å²) in [5.74, 6) is 0.675. The highest BCUT2D eigenvalue weighted by molar-refractivity contribution is 5.29. The molecular formula is C13H15F3N4. The number of rotatable bonds is 4. The van der Waals surface area contributed by atoms with Gasteiger partial charge in [-0.05, 0) is 18.6 Å². The molecule has 0 aliphatic carbocycles. The van der Waals surface area contributed by atoms with E-state index in [1.165, 1.54) is 12.1 Å². The van der Waals surface area contributed by atoms with Crippen molar-refractivity contribution in [3.05, 3.63) is 47.5 Å². The number of benzene rings is 1. The van der Waals surface area contributed by atoms with Gasteiger partial charge in [0.15, 0.2) is 0 Å².